The summed E-state index contributed by atoms with van der Waals surface area (Å²) in [6.45, 7) is 4.09. The quantitative estimate of drug-likeness (QED) is 0.587. The fourth-order valence-electron chi connectivity index (χ4n) is 2.64. The molecule has 7 heteroatoms. The first-order valence-electron chi connectivity index (χ1n) is 7.64. The molecule has 0 unspecified atom stereocenters. The highest BCUT2D eigenvalue weighted by Gasteiger charge is 2.33. The summed E-state index contributed by atoms with van der Waals surface area (Å²) in [6.07, 6.45) is 0.146. The van der Waals surface area contributed by atoms with Crippen molar-refractivity contribution in [2.75, 3.05) is 18.1 Å². The van der Waals surface area contributed by atoms with Crippen molar-refractivity contribution in [1.29, 1.82) is 0 Å². The number of esters is 1. The number of carbonyl (C=O) groups excluding carboxylic acids is 2. The minimum Gasteiger partial charge on any atom is -0.461 e. The van der Waals surface area contributed by atoms with E-state index in [-0.39, 0.29) is 12.3 Å². The Balaban J connectivity index is 2.28. The second-order valence-corrected chi connectivity index (χ2v) is 7.58. The summed E-state index contributed by atoms with van der Waals surface area (Å²) in [5, 5.41) is 3.65. The molecule has 0 radical (unpaired) electrons. The number of carbonyl (C=O) groups is 2. The fourth-order valence-corrected chi connectivity index (χ4v) is 3.67. The van der Waals surface area contributed by atoms with Crippen LogP contribution in [0, 0.1) is 0 Å². The van der Waals surface area contributed by atoms with Crippen LogP contribution in [-0.2, 0) is 14.3 Å². The third kappa shape index (κ3) is 4.68. The number of hydrogen-bond donors (Lipinski definition) is 1. The second-order valence-electron chi connectivity index (χ2n) is 5.34. The Kier molecular flexibility index (Phi) is 7.02. The van der Waals surface area contributed by atoms with Crippen LogP contribution in [-0.4, -0.2) is 30.0 Å². The standard InChI is InChI=1S/C17H19Cl2NO3S/c1-3-24-7-6-23-17(22)16-10(2)20-15(21)9-13(16)12-5-4-11(18)8-14(12)19/h4-5,8,13H,3,6-7,9H2,1-2H3,(H,20,21)/t13-/m1/s1. The van der Waals surface area contributed by atoms with E-state index >= 15 is 0 Å². The first kappa shape index (κ1) is 19.2. The summed E-state index contributed by atoms with van der Waals surface area (Å²) in [5.41, 5.74) is 1.65. The van der Waals surface area contributed by atoms with Crippen molar-refractivity contribution >= 4 is 46.8 Å². The van der Waals surface area contributed by atoms with Crippen LogP contribution >= 0.6 is 35.0 Å². The van der Waals surface area contributed by atoms with Gasteiger partial charge in [0.1, 0.15) is 6.61 Å². The zero-order valence-electron chi connectivity index (χ0n) is 13.5. The lowest BCUT2D eigenvalue weighted by molar-refractivity contribution is -0.139. The molecule has 1 heterocycles. The number of benzene rings is 1. The lowest BCUT2D eigenvalue weighted by Gasteiger charge is -2.27. The maximum Gasteiger partial charge on any atom is 0.336 e. The highest BCUT2D eigenvalue weighted by Crippen LogP contribution is 2.38. The van der Waals surface area contributed by atoms with E-state index in [1.807, 2.05) is 6.92 Å². The number of halogens is 2. The van der Waals surface area contributed by atoms with Crippen LogP contribution in [0.15, 0.2) is 29.5 Å². The molecule has 1 amide bonds. The number of ether oxygens (including phenoxy) is 1. The molecule has 0 aromatic heterocycles. The Morgan fingerprint density at radius 2 is 2.17 bits per heavy atom. The molecular formula is C17H19Cl2NO3S. The molecule has 1 aliphatic rings. The van der Waals surface area contributed by atoms with Crippen LogP contribution < -0.4 is 5.32 Å². The number of hydrogen-bond acceptors (Lipinski definition) is 4. The maximum absolute atomic E-state index is 12.5. The normalized spacial score (nSPS) is 17.7. The zero-order chi connectivity index (χ0) is 17.7. The molecule has 130 valence electrons. The predicted octanol–water partition coefficient (Wildman–Crippen LogP) is 4.17. The topological polar surface area (TPSA) is 55.4 Å². The molecule has 24 heavy (non-hydrogen) atoms. The molecule has 0 saturated heterocycles. The molecule has 1 aliphatic heterocycles. The fraction of sp³-hybridized carbons (Fsp3) is 0.412. The van der Waals surface area contributed by atoms with Gasteiger partial charge < -0.3 is 10.1 Å². The van der Waals surface area contributed by atoms with E-state index in [4.69, 9.17) is 27.9 Å². The number of amides is 1. The van der Waals surface area contributed by atoms with E-state index in [0.717, 1.165) is 11.5 Å². The highest BCUT2D eigenvalue weighted by molar-refractivity contribution is 7.99. The lowest BCUT2D eigenvalue weighted by atomic mass is 9.84. The monoisotopic (exact) mass is 387 g/mol. The molecule has 0 fully saturated rings. The predicted molar refractivity (Wildman–Crippen MR) is 98.6 cm³/mol. The van der Waals surface area contributed by atoms with Crippen molar-refractivity contribution in [1.82, 2.24) is 5.32 Å². The van der Waals surface area contributed by atoms with Gasteiger partial charge in [0, 0.05) is 33.8 Å². The molecule has 2 rings (SSSR count). The first-order valence-corrected chi connectivity index (χ1v) is 9.55. The third-order valence-electron chi connectivity index (χ3n) is 3.69. The van der Waals surface area contributed by atoms with Gasteiger partial charge in [-0.1, -0.05) is 36.2 Å². The van der Waals surface area contributed by atoms with Gasteiger partial charge in [0.05, 0.1) is 5.57 Å². The average molecular weight is 388 g/mol. The zero-order valence-corrected chi connectivity index (χ0v) is 15.9. The number of thioether (sulfide) groups is 1. The first-order chi connectivity index (χ1) is 11.4. The molecule has 0 bridgehead atoms. The van der Waals surface area contributed by atoms with E-state index in [0.29, 0.717) is 33.5 Å². The summed E-state index contributed by atoms with van der Waals surface area (Å²) in [7, 11) is 0. The largest absolute Gasteiger partial charge is 0.461 e. The Morgan fingerprint density at radius 3 is 2.83 bits per heavy atom. The SMILES string of the molecule is CCSCCOC(=O)C1=C(C)NC(=O)C[C@@H]1c1ccc(Cl)cc1Cl. The van der Waals surface area contributed by atoms with E-state index in [9.17, 15) is 9.59 Å². The summed E-state index contributed by atoms with van der Waals surface area (Å²) in [4.78, 5) is 24.5. The smallest absolute Gasteiger partial charge is 0.336 e. The van der Waals surface area contributed by atoms with Crippen LogP contribution in [0.5, 0.6) is 0 Å². The minimum absolute atomic E-state index is 0.146. The van der Waals surface area contributed by atoms with Gasteiger partial charge in [-0.2, -0.15) is 11.8 Å². The molecule has 0 spiro atoms. The van der Waals surface area contributed by atoms with E-state index in [2.05, 4.69) is 5.32 Å². The van der Waals surface area contributed by atoms with E-state index in [1.54, 1.807) is 36.9 Å². The van der Waals surface area contributed by atoms with Crippen molar-refractivity contribution in [2.45, 2.75) is 26.2 Å². The van der Waals surface area contributed by atoms with Gasteiger partial charge in [0.2, 0.25) is 5.91 Å². The van der Waals surface area contributed by atoms with Crippen LogP contribution in [0.25, 0.3) is 0 Å². The van der Waals surface area contributed by atoms with Crippen LogP contribution in [0.3, 0.4) is 0 Å². The van der Waals surface area contributed by atoms with Gasteiger partial charge in [-0.25, -0.2) is 4.79 Å². The lowest BCUT2D eigenvalue weighted by Crippen LogP contribution is -2.34. The Bertz CT molecular complexity index is 676. The van der Waals surface area contributed by atoms with E-state index < -0.39 is 11.9 Å². The third-order valence-corrected chi connectivity index (χ3v) is 5.12. The molecule has 1 atom stereocenters. The van der Waals surface area contributed by atoms with Crippen LogP contribution in [0.2, 0.25) is 10.0 Å². The van der Waals surface area contributed by atoms with Crippen molar-refractivity contribution in [2.24, 2.45) is 0 Å². The van der Waals surface area contributed by atoms with Crippen molar-refractivity contribution in [3.05, 3.63) is 45.1 Å². The van der Waals surface area contributed by atoms with Gasteiger partial charge in [0.25, 0.3) is 0 Å². The molecular weight excluding hydrogens is 369 g/mol. The van der Waals surface area contributed by atoms with Crippen molar-refractivity contribution in [3.8, 4) is 0 Å². The molecule has 1 aromatic rings. The molecule has 0 saturated carbocycles. The second kappa shape index (κ2) is 8.79. The van der Waals surface area contributed by atoms with Gasteiger partial charge in [-0.15, -0.1) is 0 Å². The van der Waals surface area contributed by atoms with E-state index in [1.165, 1.54) is 0 Å². The summed E-state index contributed by atoms with van der Waals surface area (Å²) >= 11 is 13.9. The molecule has 1 aromatic carbocycles. The number of nitrogens with one attached hydrogen (secondary N) is 1. The number of allylic oxidation sites excluding steroid dienone is 1. The average Bonchev–Trinajstić information content (AvgIpc) is 2.50. The minimum atomic E-state index is -0.435. The molecule has 4 nitrogen and oxygen atoms in total. The van der Waals surface area contributed by atoms with Crippen molar-refractivity contribution in [3.63, 3.8) is 0 Å². The van der Waals surface area contributed by atoms with Gasteiger partial charge >= 0.3 is 5.97 Å². The molecule has 1 N–H and O–H groups in total. The summed E-state index contributed by atoms with van der Waals surface area (Å²) < 4.78 is 5.37. The van der Waals surface area contributed by atoms with Crippen LogP contribution in [0.1, 0.15) is 31.7 Å². The highest BCUT2D eigenvalue weighted by atomic mass is 35.5. The Morgan fingerprint density at radius 1 is 1.42 bits per heavy atom. The Labute approximate surface area is 155 Å². The maximum atomic E-state index is 12.5. The summed E-state index contributed by atoms with van der Waals surface area (Å²) in [5.74, 6) is 0.711. The van der Waals surface area contributed by atoms with Crippen molar-refractivity contribution < 1.29 is 14.3 Å². The Hall–Kier alpha value is -1.17. The number of rotatable bonds is 6. The van der Waals surface area contributed by atoms with Gasteiger partial charge in [0.15, 0.2) is 0 Å². The van der Waals surface area contributed by atoms with Gasteiger partial charge in [-0.3, -0.25) is 4.79 Å². The van der Waals surface area contributed by atoms with Crippen LogP contribution in [0.4, 0.5) is 0 Å². The molecule has 0 aliphatic carbocycles. The van der Waals surface area contributed by atoms with Gasteiger partial charge in [-0.05, 0) is 30.4 Å². The summed E-state index contributed by atoms with van der Waals surface area (Å²) in [6, 6.07) is 5.06.